The van der Waals surface area contributed by atoms with Gasteiger partial charge in [0.25, 0.3) is 0 Å². The van der Waals surface area contributed by atoms with Crippen LogP contribution in [0.25, 0.3) is 0 Å². The number of nitrogens with zero attached hydrogens (tertiary/aromatic N) is 1. The van der Waals surface area contributed by atoms with Gasteiger partial charge in [0.2, 0.25) is 5.91 Å². The van der Waals surface area contributed by atoms with E-state index in [0.717, 1.165) is 31.7 Å². The van der Waals surface area contributed by atoms with Crippen LogP contribution in [0.1, 0.15) is 71.6 Å². The standard InChI is InChI=1S/C16H31NO/c1-4-6-8-14-9-11-15(12-10-14)16(18)17(3)13-7-5-2/h14-15H,4-13H2,1-3H3. The summed E-state index contributed by atoms with van der Waals surface area (Å²) in [6.07, 6.45) is 11.2. The molecule has 0 aromatic heterocycles. The average molecular weight is 253 g/mol. The predicted molar refractivity (Wildman–Crippen MR) is 77.5 cm³/mol. The molecule has 1 rings (SSSR count). The molecule has 0 N–H and O–H groups in total. The van der Waals surface area contributed by atoms with E-state index in [1.165, 1.54) is 38.5 Å². The lowest BCUT2D eigenvalue weighted by molar-refractivity contribution is -0.135. The number of carbonyl (C=O) groups is 1. The van der Waals surface area contributed by atoms with Crippen molar-refractivity contribution < 1.29 is 4.79 Å². The maximum Gasteiger partial charge on any atom is 0.225 e. The zero-order chi connectivity index (χ0) is 13.4. The summed E-state index contributed by atoms with van der Waals surface area (Å²) in [5.74, 6) is 1.62. The Kier molecular flexibility index (Phi) is 7.38. The van der Waals surface area contributed by atoms with E-state index >= 15 is 0 Å². The molecule has 0 aromatic rings. The lowest BCUT2D eigenvalue weighted by Gasteiger charge is -2.30. The van der Waals surface area contributed by atoms with Crippen molar-refractivity contribution in [2.24, 2.45) is 11.8 Å². The van der Waals surface area contributed by atoms with Crippen molar-refractivity contribution in [2.75, 3.05) is 13.6 Å². The van der Waals surface area contributed by atoms with Gasteiger partial charge in [0.05, 0.1) is 0 Å². The van der Waals surface area contributed by atoms with Gasteiger partial charge in [0.15, 0.2) is 0 Å². The predicted octanol–water partition coefficient (Wildman–Crippen LogP) is 4.24. The fourth-order valence-corrected chi connectivity index (χ4v) is 3.01. The van der Waals surface area contributed by atoms with Crippen molar-refractivity contribution in [3.8, 4) is 0 Å². The van der Waals surface area contributed by atoms with Crippen LogP contribution < -0.4 is 0 Å². The van der Waals surface area contributed by atoms with Crippen LogP contribution >= 0.6 is 0 Å². The van der Waals surface area contributed by atoms with Crippen LogP contribution in [0.5, 0.6) is 0 Å². The van der Waals surface area contributed by atoms with Crippen LogP contribution in [-0.4, -0.2) is 24.4 Å². The fourth-order valence-electron chi connectivity index (χ4n) is 3.01. The summed E-state index contributed by atoms with van der Waals surface area (Å²) < 4.78 is 0. The molecule has 1 saturated carbocycles. The Balaban J connectivity index is 2.26. The van der Waals surface area contributed by atoms with Crippen LogP contribution in [0.2, 0.25) is 0 Å². The van der Waals surface area contributed by atoms with E-state index in [-0.39, 0.29) is 0 Å². The first-order valence-electron chi connectivity index (χ1n) is 7.94. The topological polar surface area (TPSA) is 20.3 Å². The van der Waals surface area contributed by atoms with Crippen molar-refractivity contribution in [2.45, 2.75) is 71.6 Å². The van der Waals surface area contributed by atoms with E-state index in [2.05, 4.69) is 13.8 Å². The molecule has 0 atom stereocenters. The van der Waals surface area contributed by atoms with Gasteiger partial charge >= 0.3 is 0 Å². The van der Waals surface area contributed by atoms with E-state index in [1.54, 1.807) is 0 Å². The highest BCUT2D eigenvalue weighted by atomic mass is 16.2. The minimum absolute atomic E-state index is 0.324. The third-order valence-corrected chi connectivity index (χ3v) is 4.39. The molecule has 0 heterocycles. The van der Waals surface area contributed by atoms with Gasteiger partial charge in [-0.15, -0.1) is 0 Å². The number of unbranched alkanes of at least 4 members (excludes halogenated alkanes) is 2. The van der Waals surface area contributed by atoms with Gasteiger partial charge in [0, 0.05) is 19.5 Å². The van der Waals surface area contributed by atoms with E-state index < -0.39 is 0 Å². The quantitative estimate of drug-likeness (QED) is 0.664. The highest BCUT2D eigenvalue weighted by Crippen LogP contribution is 2.32. The Morgan fingerprint density at radius 1 is 1.06 bits per heavy atom. The molecule has 1 fully saturated rings. The van der Waals surface area contributed by atoms with Crippen molar-refractivity contribution in [1.29, 1.82) is 0 Å². The molecule has 106 valence electrons. The summed E-state index contributed by atoms with van der Waals surface area (Å²) in [7, 11) is 1.97. The highest BCUT2D eigenvalue weighted by Gasteiger charge is 2.27. The Morgan fingerprint density at radius 2 is 1.67 bits per heavy atom. The van der Waals surface area contributed by atoms with Crippen molar-refractivity contribution >= 4 is 5.91 Å². The summed E-state index contributed by atoms with van der Waals surface area (Å²) in [6, 6.07) is 0. The van der Waals surface area contributed by atoms with Gasteiger partial charge in [-0.1, -0.05) is 39.5 Å². The Morgan fingerprint density at radius 3 is 2.22 bits per heavy atom. The summed E-state index contributed by atoms with van der Waals surface area (Å²) in [5.41, 5.74) is 0. The first kappa shape index (κ1) is 15.5. The summed E-state index contributed by atoms with van der Waals surface area (Å²) in [4.78, 5) is 14.2. The zero-order valence-corrected chi connectivity index (χ0v) is 12.6. The first-order chi connectivity index (χ1) is 8.69. The van der Waals surface area contributed by atoms with Crippen LogP contribution in [0, 0.1) is 11.8 Å². The van der Waals surface area contributed by atoms with Crippen LogP contribution in [0.4, 0.5) is 0 Å². The second kappa shape index (κ2) is 8.55. The molecule has 0 aromatic carbocycles. The summed E-state index contributed by atoms with van der Waals surface area (Å²) in [6.45, 7) is 5.38. The number of hydrogen-bond donors (Lipinski definition) is 0. The molecule has 18 heavy (non-hydrogen) atoms. The monoisotopic (exact) mass is 253 g/mol. The first-order valence-corrected chi connectivity index (χ1v) is 7.94. The number of rotatable bonds is 7. The molecule has 0 bridgehead atoms. The number of amides is 1. The van der Waals surface area contributed by atoms with E-state index in [9.17, 15) is 4.79 Å². The second-order valence-corrected chi connectivity index (χ2v) is 5.97. The third kappa shape index (κ3) is 4.99. The minimum atomic E-state index is 0.324. The van der Waals surface area contributed by atoms with Crippen LogP contribution in [0.15, 0.2) is 0 Å². The molecule has 2 nitrogen and oxygen atoms in total. The molecule has 2 heteroatoms. The van der Waals surface area contributed by atoms with Crippen molar-refractivity contribution in [3.05, 3.63) is 0 Å². The van der Waals surface area contributed by atoms with Gasteiger partial charge in [-0.3, -0.25) is 4.79 Å². The molecule has 0 aliphatic heterocycles. The maximum absolute atomic E-state index is 12.3. The Labute approximate surface area is 113 Å². The highest BCUT2D eigenvalue weighted by molar-refractivity contribution is 5.78. The molecule has 0 radical (unpaired) electrons. The van der Waals surface area contributed by atoms with Gasteiger partial charge in [-0.2, -0.15) is 0 Å². The third-order valence-electron chi connectivity index (χ3n) is 4.39. The zero-order valence-electron chi connectivity index (χ0n) is 12.6. The summed E-state index contributed by atoms with van der Waals surface area (Å²) in [5, 5.41) is 0. The average Bonchev–Trinajstić information content (AvgIpc) is 2.42. The largest absolute Gasteiger partial charge is 0.346 e. The summed E-state index contributed by atoms with van der Waals surface area (Å²) >= 11 is 0. The van der Waals surface area contributed by atoms with Crippen molar-refractivity contribution in [1.82, 2.24) is 4.90 Å². The SMILES string of the molecule is CCCCC1CCC(C(=O)N(C)CCCC)CC1. The molecule has 0 spiro atoms. The minimum Gasteiger partial charge on any atom is -0.346 e. The molecule has 1 aliphatic rings. The molecular weight excluding hydrogens is 222 g/mol. The van der Waals surface area contributed by atoms with E-state index in [1.807, 2.05) is 11.9 Å². The van der Waals surface area contributed by atoms with Gasteiger partial charge < -0.3 is 4.90 Å². The lowest BCUT2D eigenvalue weighted by atomic mass is 9.79. The van der Waals surface area contributed by atoms with E-state index in [4.69, 9.17) is 0 Å². The molecule has 1 aliphatic carbocycles. The number of hydrogen-bond acceptors (Lipinski definition) is 1. The second-order valence-electron chi connectivity index (χ2n) is 5.97. The lowest BCUT2D eigenvalue weighted by Crippen LogP contribution is -2.35. The van der Waals surface area contributed by atoms with Crippen molar-refractivity contribution in [3.63, 3.8) is 0 Å². The maximum atomic E-state index is 12.3. The molecule has 0 saturated heterocycles. The smallest absolute Gasteiger partial charge is 0.225 e. The number of carbonyl (C=O) groups excluding carboxylic acids is 1. The van der Waals surface area contributed by atoms with E-state index in [0.29, 0.717) is 11.8 Å². The van der Waals surface area contributed by atoms with Crippen LogP contribution in [-0.2, 0) is 4.79 Å². The van der Waals surface area contributed by atoms with Gasteiger partial charge in [-0.25, -0.2) is 0 Å². The van der Waals surface area contributed by atoms with Gasteiger partial charge in [0.1, 0.15) is 0 Å². The normalized spacial score (nSPS) is 23.9. The molecule has 1 amide bonds. The molecular formula is C16H31NO. The Bertz CT molecular complexity index is 231. The van der Waals surface area contributed by atoms with Crippen LogP contribution in [0.3, 0.4) is 0 Å². The Hall–Kier alpha value is -0.530. The van der Waals surface area contributed by atoms with Gasteiger partial charge in [-0.05, 0) is 38.0 Å². The molecule has 0 unspecified atom stereocenters. The fraction of sp³-hybridized carbons (Fsp3) is 0.938.